The summed E-state index contributed by atoms with van der Waals surface area (Å²) in [7, 11) is 0. The lowest BCUT2D eigenvalue weighted by atomic mass is 10.1. The van der Waals surface area contributed by atoms with Crippen LogP contribution >= 0.6 is 0 Å². The standard InChI is InChI=1S/C19H14F5N3O3/c1-9(12-5-3-11(20)7-14(12)21)25-16(28)8-27-17(29)13-4-2-10(19(22,23)24)6-15(13)26-18(27)30/h2-7,9H,8H2,1H3,(H,25,28)(H,26,30)/t9-/m0/s1. The van der Waals surface area contributed by atoms with Gasteiger partial charge in [0.15, 0.2) is 0 Å². The molecule has 1 atom stereocenters. The molecule has 0 aliphatic heterocycles. The number of H-pyrrole nitrogens is 1. The number of nitrogens with one attached hydrogen (secondary N) is 2. The van der Waals surface area contributed by atoms with E-state index in [0.29, 0.717) is 22.8 Å². The van der Waals surface area contributed by atoms with Crippen molar-refractivity contribution in [3.8, 4) is 0 Å². The number of alkyl halides is 3. The number of carbonyl (C=O) groups excluding carboxylic acids is 1. The Hall–Kier alpha value is -3.50. The van der Waals surface area contributed by atoms with Crippen LogP contribution in [0.25, 0.3) is 10.9 Å². The first-order valence-electron chi connectivity index (χ1n) is 8.56. The maximum Gasteiger partial charge on any atom is 0.416 e. The minimum absolute atomic E-state index is 0.0100. The number of fused-ring (bicyclic) bond motifs is 1. The van der Waals surface area contributed by atoms with Crippen LogP contribution in [0.3, 0.4) is 0 Å². The summed E-state index contributed by atoms with van der Waals surface area (Å²) in [5.41, 5.74) is -3.42. The van der Waals surface area contributed by atoms with E-state index >= 15 is 0 Å². The van der Waals surface area contributed by atoms with Gasteiger partial charge in [-0.05, 0) is 31.2 Å². The zero-order valence-corrected chi connectivity index (χ0v) is 15.3. The van der Waals surface area contributed by atoms with E-state index in [-0.39, 0.29) is 16.5 Å². The molecule has 0 aliphatic rings. The third-order valence-electron chi connectivity index (χ3n) is 4.42. The molecule has 0 radical (unpaired) electrons. The van der Waals surface area contributed by atoms with Crippen LogP contribution in [0.4, 0.5) is 22.0 Å². The normalized spacial score (nSPS) is 12.7. The van der Waals surface area contributed by atoms with Gasteiger partial charge in [-0.2, -0.15) is 13.2 Å². The molecule has 1 heterocycles. The summed E-state index contributed by atoms with van der Waals surface area (Å²) >= 11 is 0. The van der Waals surface area contributed by atoms with Crippen molar-refractivity contribution in [1.29, 1.82) is 0 Å². The largest absolute Gasteiger partial charge is 0.416 e. The van der Waals surface area contributed by atoms with Gasteiger partial charge in [-0.25, -0.2) is 13.6 Å². The van der Waals surface area contributed by atoms with Crippen LogP contribution in [-0.2, 0) is 17.5 Å². The predicted octanol–water partition coefficient (Wildman–Crippen LogP) is 2.86. The zero-order chi connectivity index (χ0) is 22.2. The molecule has 2 aromatic carbocycles. The molecule has 6 nitrogen and oxygen atoms in total. The number of hydrogen-bond donors (Lipinski definition) is 2. The predicted molar refractivity (Wildman–Crippen MR) is 96.7 cm³/mol. The molecule has 1 aromatic heterocycles. The van der Waals surface area contributed by atoms with Crippen molar-refractivity contribution in [3.05, 3.63) is 80.0 Å². The first-order valence-corrected chi connectivity index (χ1v) is 8.56. The van der Waals surface area contributed by atoms with Gasteiger partial charge in [0.2, 0.25) is 5.91 Å². The molecule has 3 rings (SSSR count). The molecular formula is C19H14F5N3O3. The molecule has 0 saturated heterocycles. The highest BCUT2D eigenvalue weighted by Gasteiger charge is 2.31. The number of rotatable bonds is 4. The van der Waals surface area contributed by atoms with Gasteiger partial charge in [0.25, 0.3) is 5.56 Å². The van der Waals surface area contributed by atoms with Gasteiger partial charge in [-0.3, -0.25) is 14.2 Å². The second-order valence-corrected chi connectivity index (χ2v) is 6.53. The first-order chi connectivity index (χ1) is 14.0. The van der Waals surface area contributed by atoms with E-state index in [1.807, 2.05) is 0 Å². The van der Waals surface area contributed by atoms with Crippen molar-refractivity contribution >= 4 is 16.8 Å². The molecule has 0 fully saturated rings. The SMILES string of the molecule is C[C@H](NC(=O)Cn1c(=O)[nH]c2cc(C(F)(F)F)ccc2c1=O)c1ccc(F)cc1F. The lowest BCUT2D eigenvalue weighted by Crippen LogP contribution is -2.41. The molecule has 0 unspecified atom stereocenters. The average molecular weight is 427 g/mol. The Labute approximate surface area is 165 Å². The van der Waals surface area contributed by atoms with Crippen molar-refractivity contribution in [3.63, 3.8) is 0 Å². The number of aromatic amines is 1. The van der Waals surface area contributed by atoms with Gasteiger partial charge in [0.05, 0.1) is 22.5 Å². The summed E-state index contributed by atoms with van der Waals surface area (Å²) in [5.74, 6) is -2.51. The van der Waals surface area contributed by atoms with Crippen LogP contribution in [0, 0.1) is 11.6 Å². The third kappa shape index (κ3) is 4.24. The lowest BCUT2D eigenvalue weighted by Gasteiger charge is -2.15. The van der Waals surface area contributed by atoms with Crippen molar-refractivity contribution < 1.29 is 26.7 Å². The molecule has 2 N–H and O–H groups in total. The molecule has 0 saturated carbocycles. The maximum atomic E-state index is 13.8. The van der Waals surface area contributed by atoms with E-state index in [4.69, 9.17) is 0 Å². The number of halogens is 5. The summed E-state index contributed by atoms with van der Waals surface area (Å²) in [6.45, 7) is 0.665. The van der Waals surface area contributed by atoms with Crippen LogP contribution in [0.2, 0.25) is 0 Å². The summed E-state index contributed by atoms with van der Waals surface area (Å²) in [4.78, 5) is 39.0. The second kappa shape index (κ2) is 7.73. The molecule has 0 spiro atoms. The maximum absolute atomic E-state index is 13.8. The zero-order valence-electron chi connectivity index (χ0n) is 15.3. The van der Waals surface area contributed by atoms with E-state index in [0.717, 1.165) is 18.2 Å². The fraction of sp³-hybridized carbons (Fsp3) is 0.211. The fourth-order valence-corrected chi connectivity index (χ4v) is 2.94. The molecular weight excluding hydrogens is 413 g/mol. The summed E-state index contributed by atoms with van der Waals surface area (Å²) in [6.07, 6.45) is -4.66. The Kier molecular flexibility index (Phi) is 5.47. The van der Waals surface area contributed by atoms with Crippen LogP contribution in [0.1, 0.15) is 24.1 Å². The highest BCUT2D eigenvalue weighted by molar-refractivity contribution is 5.79. The van der Waals surface area contributed by atoms with Gasteiger partial charge in [0, 0.05) is 11.6 Å². The van der Waals surface area contributed by atoms with Crippen LogP contribution in [0.15, 0.2) is 46.0 Å². The molecule has 0 bridgehead atoms. The molecule has 3 aromatic rings. The van der Waals surface area contributed by atoms with E-state index in [1.165, 1.54) is 6.92 Å². The van der Waals surface area contributed by atoms with Gasteiger partial charge in [-0.15, -0.1) is 0 Å². The van der Waals surface area contributed by atoms with E-state index in [1.54, 1.807) is 0 Å². The van der Waals surface area contributed by atoms with Crippen LogP contribution < -0.4 is 16.6 Å². The van der Waals surface area contributed by atoms with Crippen molar-refractivity contribution in [1.82, 2.24) is 14.9 Å². The molecule has 30 heavy (non-hydrogen) atoms. The minimum atomic E-state index is -4.66. The number of nitrogens with zero attached hydrogens (tertiary/aromatic N) is 1. The monoisotopic (exact) mass is 427 g/mol. The number of benzene rings is 2. The molecule has 0 aliphatic carbocycles. The average Bonchev–Trinajstić information content (AvgIpc) is 2.63. The number of amides is 1. The van der Waals surface area contributed by atoms with E-state index in [2.05, 4.69) is 10.3 Å². The first kappa shape index (κ1) is 21.2. The summed E-state index contributed by atoms with van der Waals surface area (Å²) < 4.78 is 65.7. The smallest absolute Gasteiger partial charge is 0.348 e. The Morgan fingerprint density at radius 2 is 1.83 bits per heavy atom. The lowest BCUT2D eigenvalue weighted by molar-refractivity contribution is -0.137. The van der Waals surface area contributed by atoms with Crippen LogP contribution in [0.5, 0.6) is 0 Å². The van der Waals surface area contributed by atoms with Crippen LogP contribution in [-0.4, -0.2) is 15.5 Å². The number of hydrogen-bond acceptors (Lipinski definition) is 3. The molecule has 158 valence electrons. The summed E-state index contributed by atoms with van der Waals surface area (Å²) in [6, 6.07) is 4.11. The van der Waals surface area contributed by atoms with Gasteiger partial charge >= 0.3 is 11.9 Å². The molecule has 11 heteroatoms. The Balaban J connectivity index is 1.87. The van der Waals surface area contributed by atoms with Gasteiger partial charge < -0.3 is 10.3 Å². The highest BCUT2D eigenvalue weighted by atomic mass is 19.4. The number of aromatic nitrogens is 2. The van der Waals surface area contributed by atoms with Crippen molar-refractivity contribution in [2.24, 2.45) is 0 Å². The second-order valence-electron chi connectivity index (χ2n) is 6.53. The van der Waals surface area contributed by atoms with Gasteiger partial charge in [0.1, 0.15) is 18.2 Å². The fourth-order valence-electron chi connectivity index (χ4n) is 2.94. The minimum Gasteiger partial charge on any atom is -0.348 e. The quantitative estimate of drug-likeness (QED) is 0.628. The third-order valence-corrected chi connectivity index (χ3v) is 4.42. The van der Waals surface area contributed by atoms with E-state index in [9.17, 15) is 36.3 Å². The Morgan fingerprint density at radius 3 is 2.47 bits per heavy atom. The highest BCUT2D eigenvalue weighted by Crippen LogP contribution is 2.30. The number of carbonyl (C=O) groups is 1. The van der Waals surface area contributed by atoms with Gasteiger partial charge in [-0.1, -0.05) is 6.07 Å². The van der Waals surface area contributed by atoms with Crippen molar-refractivity contribution in [2.45, 2.75) is 25.7 Å². The van der Waals surface area contributed by atoms with Crippen molar-refractivity contribution in [2.75, 3.05) is 0 Å². The molecule has 1 amide bonds. The summed E-state index contributed by atoms with van der Waals surface area (Å²) in [5, 5.41) is 2.16. The topological polar surface area (TPSA) is 84.0 Å². The Bertz CT molecular complexity index is 1250. The Morgan fingerprint density at radius 1 is 1.13 bits per heavy atom. The van der Waals surface area contributed by atoms with E-state index < -0.39 is 53.1 Å².